The number of benzene rings is 1. The Balaban J connectivity index is 2.92. The fourth-order valence-corrected chi connectivity index (χ4v) is 1.61. The first-order chi connectivity index (χ1) is 7.95. The summed E-state index contributed by atoms with van der Waals surface area (Å²) in [5.74, 6) is -0.826. The van der Waals surface area contributed by atoms with E-state index in [9.17, 15) is 9.18 Å². The van der Waals surface area contributed by atoms with Crippen LogP contribution in [0.2, 0.25) is 0 Å². The first-order valence-electron chi connectivity index (χ1n) is 5.27. The van der Waals surface area contributed by atoms with E-state index in [0.717, 1.165) is 0 Å². The van der Waals surface area contributed by atoms with Gasteiger partial charge in [-0.1, -0.05) is 0 Å². The predicted molar refractivity (Wildman–Crippen MR) is 61.5 cm³/mol. The largest absolute Gasteiger partial charge is 0.496 e. The van der Waals surface area contributed by atoms with Gasteiger partial charge in [-0.3, -0.25) is 4.79 Å². The quantitative estimate of drug-likeness (QED) is 0.827. The molecule has 0 aliphatic carbocycles. The van der Waals surface area contributed by atoms with Gasteiger partial charge in [0.15, 0.2) is 0 Å². The number of methoxy groups -OCH3 is 1. The van der Waals surface area contributed by atoms with E-state index in [4.69, 9.17) is 15.6 Å². The average molecular weight is 241 g/mol. The fraction of sp³-hybridized carbons (Fsp3) is 0.417. The normalized spacial score (nSPS) is 12.2. The van der Waals surface area contributed by atoms with Crippen molar-refractivity contribution in [3.8, 4) is 5.75 Å². The molecule has 0 radical (unpaired) electrons. The Kier molecular flexibility index (Phi) is 4.45. The summed E-state index contributed by atoms with van der Waals surface area (Å²) in [6.45, 7) is 1.73. The van der Waals surface area contributed by atoms with E-state index in [0.29, 0.717) is 11.3 Å². The highest BCUT2D eigenvalue weighted by molar-refractivity contribution is 5.66. The van der Waals surface area contributed by atoms with E-state index in [1.165, 1.54) is 19.2 Å². The van der Waals surface area contributed by atoms with Crippen LogP contribution in [0.25, 0.3) is 0 Å². The monoisotopic (exact) mass is 241 g/mol. The van der Waals surface area contributed by atoms with Crippen molar-refractivity contribution in [1.82, 2.24) is 0 Å². The molecule has 1 atom stereocenters. The molecule has 1 rings (SSSR count). The highest BCUT2D eigenvalue weighted by Gasteiger charge is 2.15. The van der Waals surface area contributed by atoms with Crippen LogP contribution in [0.4, 0.5) is 4.39 Å². The lowest BCUT2D eigenvalue weighted by Crippen LogP contribution is -2.14. The van der Waals surface area contributed by atoms with E-state index in [1.807, 2.05) is 0 Å². The molecule has 0 saturated carbocycles. The summed E-state index contributed by atoms with van der Waals surface area (Å²) >= 11 is 0. The van der Waals surface area contributed by atoms with E-state index in [1.54, 1.807) is 6.92 Å². The zero-order valence-electron chi connectivity index (χ0n) is 9.87. The second-order valence-corrected chi connectivity index (χ2v) is 3.88. The number of nitrogens with two attached hydrogens (primary N) is 1. The van der Waals surface area contributed by atoms with Crippen LogP contribution < -0.4 is 10.5 Å². The third-order valence-corrected chi connectivity index (χ3v) is 2.58. The Bertz CT molecular complexity index is 420. The van der Waals surface area contributed by atoms with Gasteiger partial charge in [-0.15, -0.1) is 0 Å². The summed E-state index contributed by atoms with van der Waals surface area (Å²) in [6, 6.07) is 2.23. The van der Waals surface area contributed by atoms with Gasteiger partial charge in [-0.05, 0) is 31.0 Å². The minimum atomic E-state index is -0.945. The summed E-state index contributed by atoms with van der Waals surface area (Å²) < 4.78 is 18.7. The zero-order valence-corrected chi connectivity index (χ0v) is 9.87. The number of ether oxygens (including phenoxy) is 1. The highest BCUT2D eigenvalue weighted by Crippen LogP contribution is 2.27. The van der Waals surface area contributed by atoms with Crippen molar-refractivity contribution in [2.75, 3.05) is 7.11 Å². The first-order valence-corrected chi connectivity index (χ1v) is 5.27. The van der Waals surface area contributed by atoms with Crippen LogP contribution >= 0.6 is 0 Å². The fourth-order valence-electron chi connectivity index (χ4n) is 1.61. The SMILES string of the molecule is COc1cc(C(N)CCC(=O)O)c(F)cc1C. The molecule has 5 heteroatoms. The second kappa shape index (κ2) is 5.63. The van der Waals surface area contributed by atoms with Crippen LogP contribution in [0.5, 0.6) is 5.75 Å². The Labute approximate surface area is 99.2 Å². The Morgan fingerprint density at radius 2 is 2.24 bits per heavy atom. The summed E-state index contributed by atoms with van der Waals surface area (Å²) in [4.78, 5) is 10.4. The van der Waals surface area contributed by atoms with Gasteiger partial charge in [0, 0.05) is 18.0 Å². The predicted octanol–water partition coefficient (Wildman–Crippen LogP) is 2.01. The maximum atomic E-state index is 13.7. The topological polar surface area (TPSA) is 72.5 Å². The van der Waals surface area contributed by atoms with Crippen molar-refractivity contribution < 1.29 is 19.0 Å². The van der Waals surface area contributed by atoms with Gasteiger partial charge in [0.1, 0.15) is 11.6 Å². The van der Waals surface area contributed by atoms with Gasteiger partial charge in [0.05, 0.1) is 7.11 Å². The molecule has 0 fully saturated rings. The number of aliphatic carboxylic acids is 1. The summed E-state index contributed by atoms with van der Waals surface area (Å²) in [6.07, 6.45) is 0.106. The van der Waals surface area contributed by atoms with Crippen LogP contribution in [0.15, 0.2) is 12.1 Å². The lowest BCUT2D eigenvalue weighted by molar-refractivity contribution is -0.137. The second-order valence-electron chi connectivity index (χ2n) is 3.88. The lowest BCUT2D eigenvalue weighted by atomic mass is 10.0. The molecule has 1 aromatic rings. The number of aryl methyl sites for hydroxylation is 1. The number of halogens is 1. The van der Waals surface area contributed by atoms with Gasteiger partial charge in [-0.2, -0.15) is 0 Å². The number of carboxylic acid groups (broad SMARTS) is 1. The molecule has 0 bridgehead atoms. The molecule has 0 amide bonds. The smallest absolute Gasteiger partial charge is 0.303 e. The maximum absolute atomic E-state index is 13.7. The van der Waals surface area contributed by atoms with Crippen molar-refractivity contribution in [3.63, 3.8) is 0 Å². The average Bonchev–Trinajstić information content (AvgIpc) is 2.26. The number of hydrogen-bond donors (Lipinski definition) is 2. The zero-order chi connectivity index (χ0) is 13.0. The van der Waals surface area contributed by atoms with Gasteiger partial charge in [0.2, 0.25) is 0 Å². The van der Waals surface area contributed by atoms with Crippen molar-refractivity contribution in [1.29, 1.82) is 0 Å². The van der Waals surface area contributed by atoms with E-state index in [2.05, 4.69) is 0 Å². The molecular weight excluding hydrogens is 225 g/mol. The Hall–Kier alpha value is -1.62. The third-order valence-electron chi connectivity index (χ3n) is 2.58. The molecule has 0 spiro atoms. The van der Waals surface area contributed by atoms with Crippen LogP contribution in [0.3, 0.4) is 0 Å². The summed E-state index contributed by atoms with van der Waals surface area (Å²) in [5, 5.41) is 8.55. The molecule has 94 valence electrons. The van der Waals surface area contributed by atoms with Gasteiger partial charge >= 0.3 is 5.97 Å². The van der Waals surface area contributed by atoms with E-state index < -0.39 is 17.8 Å². The van der Waals surface area contributed by atoms with E-state index >= 15 is 0 Å². The molecule has 1 aromatic carbocycles. The standard InChI is InChI=1S/C12H16FNO3/c1-7-5-9(13)8(6-11(7)17-2)10(14)3-4-12(15)16/h5-6,10H,3-4,14H2,1-2H3,(H,15,16). The number of carbonyl (C=O) groups is 1. The van der Waals surface area contributed by atoms with Crippen molar-refractivity contribution in [2.24, 2.45) is 5.73 Å². The number of hydrogen-bond acceptors (Lipinski definition) is 3. The highest BCUT2D eigenvalue weighted by atomic mass is 19.1. The van der Waals surface area contributed by atoms with Crippen molar-refractivity contribution in [2.45, 2.75) is 25.8 Å². The van der Waals surface area contributed by atoms with Gasteiger partial charge in [0.25, 0.3) is 0 Å². The molecule has 0 aromatic heterocycles. The number of rotatable bonds is 5. The molecule has 1 unspecified atom stereocenters. The molecular formula is C12H16FNO3. The minimum absolute atomic E-state index is 0.0865. The molecule has 3 N–H and O–H groups in total. The number of carboxylic acids is 1. The molecule has 0 aliphatic heterocycles. The first kappa shape index (κ1) is 13.4. The van der Waals surface area contributed by atoms with Crippen LogP contribution in [-0.2, 0) is 4.79 Å². The third kappa shape index (κ3) is 3.42. The maximum Gasteiger partial charge on any atom is 0.303 e. The van der Waals surface area contributed by atoms with Crippen molar-refractivity contribution in [3.05, 3.63) is 29.1 Å². The van der Waals surface area contributed by atoms with Gasteiger partial charge < -0.3 is 15.6 Å². The summed E-state index contributed by atoms with van der Waals surface area (Å²) in [5.41, 5.74) is 6.72. The molecule has 0 saturated heterocycles. The van der Waals surface area contributed by atoms with Crippen LogP contribution in [0.1, 0.15) is 30.0 Å². The summed E-state index contributed by atoms with van der Waals surface area (Å²) in [7, 11) is 1.49. The lowest BCUT2D eigenvalue weighted by Gasteiger charge is -2.14. The van der Waals surface area contributed by atoms with E-state index in [-0.39, 0.29) is 18.4 Å². The molecule has 4 nitrogen and oxygen atoms in total. The minimum Gasteiger partial charge on any atom is -0.496 e. The van der Waals surface area contributed by atoms with Crippen molar-refractivity contribution >= 4 is 5.97 Å². The Morgan fingerprint density at radius 1 is 1.59 bits per heavy atom. The Morgan fingerprint density at radius 3 is 2.76 bits per heavy atom. The molecule has 0 heterocycles. The van der Waals surface area contributed by atoms with Crippen LogP contribution in [0, 0.1) is 12.7 Å². The van der Waals surface area contributed by atoms with Crippen LogP contribution in [-0.4, -0.2) is 18.2 Å². The molecule has 17 heavy (non-hydrogen) atoms. The molecule has 0 aliphatic rings. The van der Waals surface area contributed by atoms with Gasteiger partial charge in [-0.25, -0.2) is 4.39 Å².